The van der Waals surface area contributed by atoms with Crippen LogP contribution in [0.15, 0.2) is 78.9 Å². The van der Waals surface area contributed by atoms with Crippen molar-refractivity contribution in [2.24, 2.45) is 0 Å². The summed E-state index contributed by atoms with van der Waals surface area (Å²) in [6, 6.07) is 27.0. The SMILES string of the molecule is CCC(O)COc1ccc(C(C)(c2ccccc2)c2ccc(OCC3CO3)cc2)cc1. The maximum Gasteiger partial charge on any atom is 0.119 e. The van der Waals surface area contributed by atoms with Crippen LogP contribution in [0.3, 0.4) is 0 Å². The summed E-state index contributed by atoms with van der Waals surface area (Å²) in [6.45, 7) is 5.88. The Labute approximate surface area is 184 Å². The average Bonchev–Trinajstić information content (AvgIpc) is 3.66. The van der Waals surface area contributed by atoms with Crippen molar-refractivity contribution in [3.63, 3.8) is 0 Å². The molecular formula is C27H30O4. The molecule has 1 aliphatic rings. The van der Waals surface area contributed by atoms with Gasteiger partial charge in [0, 0.05) is 5.41 Å². The Balaban J connectivity index is 1.61. The molecule has 4 heteroatoms. The first-order valence-electron chi connectivity index (χ1n) is 10.9. The van der Waals surface area contributed by atoms with Crippen LogP contribution in [-0.2, 0) is 10.2 Å². The van der Waals surface area contributed by atoms with Crippen LogP contribution in [0.4, 0.5) is 0 Å². The van der Waals surface area contributed by atoms with Crippen LogP contribution >= 0.6 is 0 Å². The fraction of sp³-hybridized carbons (Fsp3) is 0.333. The molecule has 0 bridgehead atoms. The molecule has 3 aromatic carbocycles. The lowest BCUT2D eigenvalue weighted by atomic mass is 9.71. The number of hydrogen-bond donors (Lipinski definition) is 1. The number of ether oxygens (including phenoxy) is 3. The molecule has 0 spiro atoms. The maximum absolute atomic E-state index is 9.75. The molecular weight excluding hydrogens is 388 g/mol. The summed E-state index contributed by atoms with van der Waals surface area (Å²) in [7, 11) is 0. The number of aliphatic hydroxyl groups excluding tert-OH is 1. The Morgan fingerprint density at radius 2 is 1.39 bits per heavy atom. The first-order valence-corrected chi connectivity index (χ1v) is 10.9. The molecule has 0 amide bonds. The summed E-state index contributed by atoms with van der Waals surface area (Å²) in [5.41, 5.74) is 3.23. The van der Waals surface area contributed by atoms with Crippen LogP contribution in [0.5, 0.6) is 11.5 Å². The lowest BCUT2D eigenvalue weighted by Gasteiger charge is -2.32. The van der Waals surface area contributed by atoms with Crippen LogP contribution < -0.4 is 9.47 Å². The summed E-state index contributed by atoms with van der Waals surface area (Å²) in [4.78, 5) is 0. The monoisotopic (exact) mass is 418 g/mol. The van der Waals surface area contributed by atoms with Gasteiger partial charge in [-0.3, -0.25) is 0 Å². The van der Waals surface area contributed by atoms with E-state index in [2.05, 4.69) is 55.5 Å². The number of benzene rings is 3. The third kappa shape index (κ3) is 5.09. The van der Waals surface area contributed by atoms with E-state index >= 15 is 0 Å². The van der Waals surface area contributed by atoms with E-state index in [9.17, 15) is 5.11 Å². The summed E-state index contributed by atoms with van der Waals surface area (Å²) < 4.78 is 16.8. The lowest BCUT2D eigenvalue weighted by Crippen LogP contribution is -2.25. The quantitative estimate of drug-likeness (QED) is 0.373. The second kappa shape index (κ2) is 9.54. The minimum atomic E-state index is -0.443. The maximum atomic E-state index is 9.75. The molecule has 4 rings (SSSR count). The van der Waals surface area contributed by atoms with Gasteiger partial charge in [0.25, 0.3) is 0 Å². The van der Waals surface area contributed by atoms with Gasteiger partial charge in [-0.15, -0.1) is 0 Å². The Hall–Kier alpha value is -2.82. The number of hydrogen-bond acceptors (Lipinski definition) is 4. The van der Waals surface area contributed by atoms with E-state index in [-0.39, 0.29) is 11.5 Å². The first kappa shape index (κ1) is 21.4. The molecule has 0 saturated carbocycles. The van der Waals surface area contributed by atoms with E-state index in [0.29, 0.717) is 19.6 Å². The average molecular weight is 419 g/mol. The van der Waals surface area contributed by atoms with Crippen molar-refractivity contribution in [3.8, 4) is 11.5 Å². The van der Waals surface area contributed by atoms with Crippen LogP contribution in [0.1, 0.15) is 37.0 Å². The molecule has 31 heavy (non-hydrogen) atoms. The van der Waals surface area contributed by atoms with Crippen molar-refractivity contribution in [2.45, 2.75) is 37.9 Å². The Bertz CT molecular complexity index is 949. The molecule has 0 aromatic heterocycles. The molecule has 1 aliphatic heterocycles. The Morgan fingerprint density at radius 3 is 1.90 bits per heavy atom. The normalized spacial score (nSPS) is 18.1. The third-order valence-electron chi connectivity index (χ3n) is 5.97. The largest absolute Gasteiger partial charge is 0.491 e. The van der Waals surface area contributed by atoms with Gasteiger partial charge >= 0.3 is 0 Å². The van der Waals surface area contributed by atoms with Gasteiger partial charge in [-0.1, -0.05) is 61.5 Å². The molecule has 1 N–H and O–H groups in total. The van der Waals surface area contributed by atoms with Crippen LogP contribution in [0, 0.1) is 0 Å². The Kier molecular flexibility index (Phi) is 6.59. The topological polar surface area (TPSA) is 51.2 Å². The highest BCUT2D eigenvalue weighted by Crippen LogP contribution is 2.40. The number of aliphatic hydroxyl groups is 1. The van der Waals surface area contributed by atoms with Crippen molar-refractivity contribution in [1.82, 2.24) is 0 Å². The molecule has 3 aromatic rings. The van der Waals surface area contributed by atoms with Crippen molar-refractivity contribution in [3.05, 3.63) is 95.6 Å². The molecule has 1 saturated heterocycles. The predicted octanol–water partition coefficient (Wildman–Crippen LogP) is 4.97. The zero-order valence-corrected chi connectivity index (χ0v) is 18.2. The van der Waals surface area contributed by atoms with Crippen molar-refractivity contribution < 1.29 is 19.3 Å². The number of epoxide rings is 1. The second-order valence-corrected chi connectivity index (χ2v) is 8.18. The molecule has 162 valence electrons. The second-order valence-electron chi connectivity index (χ2n) is 8.18. The van der Waals surface area contributed by atoms with E-state index in [0.717, 1.165) is 18.1 Å². The smallest absolute Gasteiger partial charge is 0.119 e. The molecule has 1 heterocycles. The molecule has 0 aliphatic carbocycles. The van der Waals surface area contributed by atoms with Crippen molar-refractivity contribution in [2.75, 3.05) is 19.8 Å². The highest BCUT2D eigenvalue weighted by Gasteiger charge is 2.31. The highest BCUT2D eigenvalue weighted by molar-refractivity contribution is 5.51. The van der Waals surface area contributed by atoms with Crippen molar-refractivity contribution in [1.29, 1.82) is 0 Å². The molecule has 0 radical (unpaired) electrons. The van der Waals surface area contributed by atoms with Crippen LogP contribution in [0.25, 0.3) is 0 Å². The highest BCUT2D eigenvalue weighted by atomic mass is 16.6. The first-order chi connectivity index (χ1) is 15.1. The van der Waals surface area contributed by atoms with E-state index in [4.69, 9.17) is 14.2 Å². The minimum Gasteiger partial charge on any atom is -0.491 e. The fourth-order valence-electron chi connectivity index (χ4n) is 3.70. The Morgan fingerprint density at radius 1 is 0.871 bits per heavy atom. The van der Waals surface area contributed by atoms with Gasteiger partial charge < -0.3 is 19.3 Å². The summed E-state index contributed by atoms with van der Waals surface area (Å²) >= 11 is 0. The van der Waals surface area contributed by atoms with Gasteiger partial charge in [0.15, 0.2) is 0 Å². The molecule has 4 nitrogen and oxygen atoms in total. The van der Waals surface area contributed by atoms with Gasteiger partial charge in [-0.25, -0.2) is 0 Å². The van der Waals surface area contributed by atoms with E-state index < -0.39 is 6.10 Å². The van der Waals surface area contributed by atoms with E-state index in [1.54, 1.807) is 0 Å². The van der Waals surface area contributed by atoms with Gasteiger partial charge in [-0.05, 0) is 54.3 Å². The lowest BCUT2D eigenvalue weighted by molar-refractivity contribution is 0.104. The van der Waals surface area contributed by atoms with E-state index in [1.165, 1.54) is 16.7 Å². The van der Waals surface area contributed by atoms with Gasteiger partial charge in [0.05, 0.1) is 12.7 Å². The van der Waals surface area contributed by atoms with Crippen molar-refractivity contribution >= 4 is 0 Å². The van der Waals surface area contributed by atoms with Crippen LogP contribution in [-0.4, -0.2) is 37.1 Å². The minimum absolute atomic E-state index is 0.244. The van der Waals surface area contributed by atoms with Crippen LogP contribution in [0.2, 0.25) is 0 Å². The predicted molar refractivity (Wildman–Crippen MR) is 122 cm³/mol. The molecule has 3 unspecified atom stereocenters. The molecule has 1 fully saturated rings. The fourth-order valence-corrected chi connectivity index (χ4v) is 3.70. The standard InChI is InChI=1S/C27H30O4/c1-3-23(28)17-29-24-13-9-21(10-14-24)27(2,20-7-5-4-6-8-20)22-11-15-25(16-12-22)30-18-26-19-31-26/h4-16,23,26,28H,3,17-19H2,1-2H3. The summed E-state index contributed by atoms with van der Waals surface area (Å²) in [5.74, 6) is 1.62. The zero-order chi connectivity index (χ0) is 21.7. The third-order valence-corrected chi connectivity index (χ3v) is 5.97. The summed E-state index contributed by atoms with van der Waals surface area (Å²) in [5, 5.41) is 9.75. The number of rotatable bonds is 10. The van der Waals surface area contributed by atoms with Gasteiger partial charge in [0.2, 0.25) is 0 Å². The molecule has 3 atom stereocenters. The van der Waals surface area contributed by atoms with Gasteiger partial charge in [0.1, 0.15) is 30.8 Å². The van der Waals surface area contributed by atoms with Gasteiger partial charge in [-0.2, -0.15) is 0 Å². The van der Waals surface area contributed by atoms with E-state index in [1.807, 2.05) is 37.3 Å². The summed E-state index contributed by atoms with van der Waals surface area (Å²) in [6.07, 6.45) is 0.479. The zero-order valence-electron chi connectivity index (χ0n) is 18.2.